The van der Waals surface area contributed by atoms with Gasteiger partial charge in [-0.25, -0.2) is 14.2 Å². The van der Waals surface area contributed by atoms with Crippen molar-refractivity contribution in [2.75, 3.05) is 25.1 Å². The van der Waals surface area contributed by atoms with Gasteiger partial charge in [-0.2, -0.15) is 0 Å². The van der Waals surface area contributed by atoms with Gasteiger partial charge in [-0.1, -0.05) is 6.92 Å². The number of hydrogen-bond donors (Lipinski definition) is 2. The average Bonchev–Trinajstić information content (AvgIpc) is 3.36. The van der Waals surface area contributed by atoms with E-state index in [1.165, 1.54) is 23.5 Å². The number of rotatable bonds is 10. The van der Waals surface area contributed by atoms with E-state index in [0.717, 1.165) is 36.5 Å². The fourth-order valence-electron chi connectivity index (χ4n) is 4.57. The van der Waals surface area contributed by atoms with Crippen LogP contribution in [0.1, 0.15) is 54.6 Å². The number of esters is 1. The monoisotopic (exact) mass is 528 g/mol. The molecule has 37 heavy (non-hydrogen) atoms. The van der Waals surface area contributed by atoms with Crippen LogP contribution in [0.15, 0.2) is 41.9 Å². The minimum atomic E-state index is -0.768. The summed E-state index contributed by atoms with van der Waals surface area (Å²) >= 11 is 1.36. The Morgan fingerprint density at radius 2 is 2.08 bits per heavy atom. The minimum Gasteiger partial charge on any atom is -0.487 e. The number of fused-ring (bicyclic) bond motifs is 1. The van der Waals surface area contributed by atoms with Crippen molar-refractivity contribution in [1.29, 1.82) is 0 Å². The number of hydrogen-bond acceptors (Lipinski definition) is 8. The van der Waals surface area contributed by atoms with Gasteiger partial charge in [0.05, 0.1) is 18.8 Å². The third-order valence-corrected chi connectivity index (χ3v) is 6.92. The highest BCUT2D eigenvalue weighted by atomic mass is 32.1. The van der Waals surface area contributed by atoms with Gasteiger partial charge < -0.3 is 24.6 Å². The molecule has 1 aromatic heterocycles. The summed E-state index contributed by atoms with van der Waals surface area (Å²) in [5.41, 5.74) is 1.32. The van der Waals surface area contributed by atoms with Crippen molar-refractivity contribution >= 4 is 28.3 Å². The molecule has 0 saturated carbocycles. The van der Waals surface area contributed by atoms with Crippen LogP contribution in [0.5, 0.6) is 17.2 Å². The second-order valence-electron chi connectivity index (χ2n) is 8.97. The number of carbonyl (C=O) groups excluding carboxylic acids is 2. The third-order valence-electron chi connectivity index (χ3n) is 6.24. The first-order valence-electron chi connectivity index (χ1n) is 12.1. The Balaban J connectivity index is 1.64. The van der Waals surface area contributed by atoms with Gasteiger partial charge in [0.2, 0.25) is 5.91 Å². The lowest BCUT2D eigenvalue weighted by Gasteiger charge is -2.36. The molecule has 3 aromatic rings. The van der Waals surface area contributed by atoms with Crippen LogP contribution < -0.4 is 14.8 Å². The molecule has 0 unspecified atom stereocenters. The summed E-state index contributed by atoms with van der Waals surface area (Å²) in [6.07, 6.45) is 4.38. The van der Waals surface area contributed by atoms with Gasteiger partial charge in [0.1, 0.15) is 18.2 Å². The summed E-state index contributed by atoms with van der Waals surface area (Å²) in [6, 6.07) is 7.59. The first kappa shape index (κ1) is 26.6. The number of ether oxygens (including phenoxy) is 3. The van der Waals surface area contributed by atoms with Crippen LogP contribution in [0.4, 0.5) is 9.52 Å². The van der Waals surface area contributed by atoms with Crippen molar-refractivity contribution in [3.8, 4) is 17.2 Å². The Bertz CT molecular complexity index is 1270. The molecule has 1 aliphatic carbocycles. The highest BCUT2D eigenvalue weighted by Gasteiger charge is 2.36. The highest BCUT2D eigenvalue weighted by molar-refractivity contribution is 7.13. The van der Waals surface area contributed by atoms with Crippen molar-refractivity contribution in [2.24, 2.45) is 0 Å². The van der Waals surface area contributed by atoms with E-state index in [1.807, 2.05) is 19.1 Å². The molecule has 0 fully saturated rings. The van der Waals surface area contributed by atoms with Crippen molar-refractivity contribution < 1.29 is 33.3 Å². The molecule has 0 saturated heterocycles. The molecule has 0 aliphatic heterocycles. The molecule has 0 radical (unpaired) electrons. The van der Waals surface area contributed by atoms with Gasteiger partial charge in [-0.15, -0.1) is 11.3 Å². The number of halogens is 1. The van der Waals surface area contributed by atoms with Gasteiger partial charge in [0.25, 0.3) is 0 Å². The fourth-order valence-corrected chi connectivity index (χ4v) is 5.11. The zero-order valence-corrected chi connectivity index (χ0v) is 21.5. The van der Waals surface area contributed by atoms with Crippen LogP contribution in [0.3, 0.4) is 0 Å². The summed E-state index contributed by atoms with van der Waals surface area (Å²) in [7, 11) is 0. The van der Waals surface area contributed by atoms with E-state index in [-0.39, 0.29) is 43.5 Å². The van der Waals surface area contributed by atoms with Gasteiger partial charge in [-0.3, -0.25) is 4.79 Å². The topological polar surface area (TPSA) is 107 Å². The molecular formula is C27H29FN2O6S. The number of aryl methyl sites for hydroxylation is 1. The van der Waals surface area contributed by atoms with Crippen molar-refractivity contribution in [1.82, 2.24) is 4.98 Å². The molecule has 4 rings (SSSR count). The predicted molar refractivity (Wildman–Crippen MR) is 137 cm³/mol. The normalized spacial score (nSPS) is 16.5. The summed E-state index contributed by atoms with van der Waals surface area (Å²) in [5, 5.41) is 14.5. The third kappa shape index (κ3) is 6.26. The lowest BCUT2D eigenvalue weighted by Crippen LogP contribution is -2.32. The maximum absolute atomic E-state index is 14.6. The molecular weight excluding hydrogens is 499 g/mol. The largest absolute Gasteiger partial charge is 0.487 e. The summed E-state index contributed by atoms with van der Waals surface area (Å²) in [6.45, 7) is 3.69. The van der Waals surface area contributed by atoms with Crippen molar-refractivity contribution in [3.63, 3.8) is 0 Å². The molecule has 1 amide bonds. The van der Waals surface area contributed by atoms with E-state index in [4.69, 9.17) is 14.2 Å². The Morgan fingerprint density at radius 1 is 1.24 bits per heavy atom. The number of aliphatic hydroxyl groups is 1. The molecule has 2 aromatic carbocycles. The number of amides is 1. The van der Waals surface area contributed by atoms with E-state index in [1.54, 1.807) is 18.5 Å². The van der Waals surface area contributed by atoms with Crippen LogP contribution in [-0.2, 0) is 21.4 Å². The fraction of sp³-hybridized carbons (Fsp3) is 0.370. The first-order chi connectivity index (χ1) is 17.8. The Labute approximate surface area is 218 Å². The number of aromatic nitrogens is 1. The molecule has 8 nitrogen and oxygen atoms in total. The molecule has 10 heteroatoms. The van der Waals surface area contributed by atoms with Crippen LogP contribution in [-0.4, -0.2) is 41.8 Å². The highest BCUT2D eigenvalue weighted by Crippen LogP contribution is 2.45. The number of thiazole rings is 1. The molecule has 0 spiro atoms. The average molecular weight is 529 g/mol. The maximum Gasteiger partial charge on any atom is 0.341 e. The number of benzene rings is 2. The summed E-state index contributed by atoms with van der Waals surface area (Å²) in [4.78, 5) is 28.9. The number of anilines is 1. The standard InChI is InChI=1S/C27H29FN2O6S/c1-3-34-25(33)19-7-6-18(14-21(19)28)36-23-15-20-17(13-22(23)35-11-10-31)5-4-8-27(20,2)16-24(32)30-26-29-9-12-37-26/h6-7,9,12-15,31H,3-5,8,10-11,16H2,1-2H3,(H,29,30,32)/t27-/m1/s1. The molecule has 196 valence electrons. The number of aliphatic hydroxyl groups excluding tert-OH is 1. The van der Waals surface area contributed by atoms with E-state index in [9.17, 15) is 19.1 Å². The van der Waals surface area contributed by atoms with E-state index < -0.39 is 17.2 Å². The minimum absolute atomic E-state index is 0.0544. The smallest absolute Gasteiger partial charge is 0.341 e. The van der Waals surface area contributed by atoms with Gasteiger partial charge in [0.15, 0.2) is 16.6 Å². The number of nitrogens with one attached hydrogen (secondary N) is 1. The molecule has 0 bridgehead atoms. The second-order valence-corrected chi connectivity index (χ2v) is 9.86. The van der Waals surface area contributed by atoms with Crippen LogP contribution in [0.25, 0.3) is 0 Å². The van der Waals surface area contributed by atoms with Crippen molar-refractivity contribution in [3.05, 3.63) is 64.4 Å². The molecule has 1 atom stereocenters. The van der Waals surface area contributed by atoms with E-state index >= 15 is 0 Å². The zero-order chi connectivity index (χ0) is 26.4. The lowest BCUT2D eigenvalue weighted by molar-refractivity contribution is -0.117. The SMILES string of the molecule is CCOC(=O)c1ccc(Oc2cc3c(cc2OCCO)CCC[C@]3(C)CC(=O)Nc2nccs2)cc1F. The second kappa shape index (κ2) is 11.7. The number of carbonyl (C=O) groups is 2. The molecule has 1 aliphatic rings. The number of nitrogens with zero attached hydrogens (tertiary/aromatic N) is 1. The summed E-state index contributed by atoms with van der Waals surface area (Å²) in [5.74, 6) is -0.763. The van der Waals surface area contributed by atoms with Crippen LogP contribution >= 0.6 is 11.3 Å². The Kier molecular flexibility index (Phi) is 8.40. The summed E-state index contributed by atoms with van der Waals surface area (Å²) < 4.78 is 31.3. The van der Waals surface area contributed by atoms with Crippen molar-refractivity contribution in [2.45, 2.75) is 44.9 Å². The maximum atomic E-state index is 14.6. The Hall–Kier alpha value is -3.50. The van der Waals surface area contributed by atoms with Crippen LogP contribution in [0, 0.1) is 5.82 Å². The predicted octanol–water partition coefficient (Wildman–Crippen LogP) is 5.25. The van der Waals surface area contributed by atoms with E-state index in [0.29, 0.717) is 16.6 Å². The Morgan fingerprint density at radius 3 is 2.78 bits per heavy atom. The first-order valence-corrected chi connectivity index (χ1v) is 13.0. The quantitative estimate of drug-likeness (QED) is 0.346. The van der Waals surface area contributed by atoms with Gasteiger partial charge in [0, 0.05) is 29.5 Å². The van der Waals surface area contributed by atoms with Gasteiger partial charge in [-0.05, 0) is 61.6 Å². The van der Waals surface area contributed by atoms with Gasteiger partial charge >= 0.3 is 5.97 Å². The lowest BCUT2D eigenvalue weighted by atomic mass is 9.69. The zero-order valence-electron chi connectivity index (χ0n) is 20.7. The van der Waals surface area contributed by atoms with E-state index in [2.05, 4.69) is 10.3 Å². The molecule has 1 heterocycles. The van der Waals surface area contributed by atoms with Crippen LogP contribution in [0.2, 0.25) is 0 Å². The molecule has 2 N–H and O–H groups in total.